The third-order valence-electron chi connectivity index (χ3n) is 4.73. The zero-order chi connectivity index (χ0) is 17.6. The smallest absolute Gasteiger partial charge is 0.232 e. The number of nitrogens with zero attached hydrogens (tertiary/aromatic N) is 2. The van der Waals surface area contributed by atoms with Crippen LogP contribution in [0.2, 0.25) is 0 Å². The number of rotatable bonds is 1. The minimum Gasteiger partial charge on any atom is -0.232 e. The molecule has 0 atom stereocenters. The highest BCUT2D eigenvalue weighted by atomic mass is 19.1. The molecule has 0 spiro atoms. The molecule has 0 aliphatic carbocycles. The van der Waals surface area contributed by atoms with Gasteiger partial charge in [-0.1, -0.05) is 26.8 Å². The van der Waals surface area contributed by atoms with Gasteiger partial charge >= 0.3 is 0 Å². The molecule has 124 valence electrons. The molecule has 2 aromatic carbocycles. The van der Waals surface area contributed by atoms with E-state index >= 15 is 0 Å². The van der Waals surface area contributed by atoms with Crippen molar-refractivity contribution in [2.75, 3.05) is 0 Å². The van der Waals surface area contributed by atoms with E-state index in [-0.39, 0.29) is 11.2 Å². The zero-order valence-corrected chi connectivity index (χ0v) is 15.2. The summed E-state index contributed by atoms with van der Waals surface area (Å²) in [7, 11) is 1.99. The summed E-state index contributed by atoms with van der Waals surface area (Å²) in [4.78, 5) is 4.37. The van der Waals surface area contributed by atoms with Gasteiger partial charge in [0.2, 0.25) is 0 Å². The van der Waals surface area contributed by atoms with Gasteiger partial charge in [-0.25, -0.2) is 8.96 Å². The molecule has 0 unspecified atom stereocenters. The van der Waals surface area contributed by atoms with Gasteiger partial charge in [-0.15, -0.1) is 0 Å². The zero-order valence-electron chi connectivity index (χ0n) is 15.2. The van der Waals surface area contributed by atoms with Crippen molar-refractivity contribution in [3.8, 4) is 11.3 Å². The molecule has 24 heavy (non-hydrogen) atoms. The summed E-state index contributed by atoms with van der Waals surface area (Å²) in [6.07, 6.45) is 1.76. The second-order valence-electron chi connectivity index (χ2n) is 7.58. The van der Waals surface area contributed by atoms with E-state index in [1.54, 1.807) is 6.33 Å². The van der Waals surface area contributed by atoms with Crippen LogP contribution in [0.4, 0.5) is 4.39 Å². The van der Waals surface area contributed by atoms with Gasteiger partial charge in [0.15, 0.2) is 5.52 Å². The lowest BCUT2D eigenvalue weighted by Crippen LogP contribution is -2.32. The summed E-state index contributed by atoms with van der Waals surface area (Å²) in [5.74, 6) is -0.258. The van der Waals surface area contributed by atoms with E-state index in [1.165, 1.54) is 34.4 Å². The molecular weight excluding hydrogens is 299 g/mol. The Kier molecular flexibility index (Phi) is 3.90. The van der Waals surface area contributed by atoms with Gasteiger partial charge in [-0.2, -0.15) is 0 Å². The third kappa shape index (κ3) is 2.79. The van der Waals surface area contributed by atoms with Gasteiger partial charge in [-0.05, 0) is 59.1 Å². The number of aromatic nitrogens is 2. The van der Waals surface area contributed by atoms with Crippen LogP contribution in [0.3, 0.4) is 0 Å². The minimum atomic E-state index is -0.258. The van der Waals surface area contributed by atoms with Crippen molar-refractivity contribution in [3.63, 3.8) is 0 Å². The van der Waals surface area contributed by atoms with Crippen molar-refractivity contribution in [3.05, 3.63) is 59.2 Å². The van der Waals surface area contributed by atoms with Crippen molar-refractivity contribution < 1.29 is 8.96 Å². The minimum absolute atomic E-state index is 0.0702. The summed E-state index contributed by atoms with van der Waals surface area (Å²) >= 11 is 0. The van der Waals surface area contributed by atoms with Crippen LogP contribution in [0.25, 0.3) is 22.2 Å². The molecule has 0 aliphatic heterocycles. The summed E-state index contributed by atoms with van der Waals surface area (Å²) < 4.78 is 15.6. The van der Waals surface area contributed by atoms with E-state index in [4.69, 9.17) is 0 Å². The molecule has 0 saturated heterocycles. The molecule has 0 aliphatic rings. The quantitative estimate of drug-likeness (QED) is 0.589. The van der Waals surface area contributed by atoms with Crippen molar-refractivity contribution in [2.45, 2.75) is 40.0 Å². The van der Waals surface area contributed by atoms with E-state index in [0.29, 0.717) is 5.52 Å². The lowest BCUT2D eigenvalue weighted by Gasteiger charge is -2.22. The molecule has 0 saturated carbocycles. The SMILES string of the molecule is Cc1cc(C(C)(C)C)cc(-c2c3ccc(F)cc3nc[n+]2C)c1C. The van der Waals surface area contributed by atoms with E-state index in [0.717, 1.165) is 11.1 Å². The lowest BCUT2D eigenvalue weighted by atomic mass is 9.83. The van der Waals surface area contributed by atoms with Crippen LogP contribution in [0.5, 0.6) is 0 Å². The van der Waals surface area contributed by atoms with Gasteiger partial charge in [0.05, 0.1) is 12.4 Å². The first-order chi connectivity index (χ1) is 11.2. The topological polar surface area (TPSA) is 16.8 Å². The summed E-state index contributed by atoms with van der Waals surface area (Å²) in [5, 5.41) is 0.968. The molecule has 1 aromatic heterocycles. The molecule has 0 fully saturated rings. The number of aryl methyl sites for hydroxylation is 2. The maximum absolute atomic E-state index is 13.6. The van der Waals surface area contributed by atoms with Gasteiger partial charge in [0, 0.05) is 11.6 Å². The predicted molar refractivity (Wildman–Crippen MR) is 96.5 cm³/mol. The number of benzene rings is 2. The van der Waals surface area contributed by atoms with Crippen molar-refractivity contribution in [1.29, 1.82) is 0 Å². The Bertz CT molecular complexity index is 937. The summed E-state index contributed by atoms with van der Waals surface area (Å²) in [5.41, 5.74) is 6.82. The Morgan fingerprint density at radius 2 is 1.75 bits per heavy atom. The Hall–Kier alpha value is -2.29. The molecule has 3 rings (SSSR count). The molecule has 0 N–H and O–H groups in total. The van der Waals surface area contributed by atoms with Crippen LogP contribution in [-0.2, 0) is 12.5 Å². The van der Waals surface area contributed by atoms with E-state index < -0.39 is 0 Å². The van der Waals surface area contributed by atoms with Crippen LogP contribution >= 0.6 is 0 Å². The summed E-state index contributed by atoms with van der Waals surface area (Å²) in [6, 6.07) is 9.35. The number of hydrogen-bond acceptors (Lipinski definition) is 1. The van der Waals surface area contributed by atoms with Crippen molar-refractivity contribution in [1.82, 2.24) is 4.98 Å². The van der Waals surface area contributed by atoms with Crippen LogP contribution in [-0.4, -0.2) is 4.98 Å². The highest BCUT2D eigenvalue weighted by molar-refractivity contribution is 5.91. The van der Waals surface area contributed by atoms with E-state index in [2.05, 4.69) is 51.7 Å². The van der Waals surface area contributed by atoms with Crippen LogP contribution in [0.1, 0.15) is 37.5 Å². The lowest BCUT2D eigenvalue weighted by molar-refractivity contribution is -0.662. The van der Waals surface area contributed by atoms with Gasteiger partial charge in [0.25, 0.3) is 6.33 Å². The Balaban J connectivity index is 2.39. The van der Waals surface area contributed by atoms with Gasteiger partial charge < -0.3 is 0 Å². The Morgan fingerprint density at radius 3 is 2.42 bits per heavy atom. The third-order valence-corrected chi connectivity index (χ3v) is 4.73. The maximum atomic E-state index is 13.6. The molecule has 0 amide bonds. The van der Waals surface area contributed by atoms with E-state index in [9.17, 15) is 4.39 Å². The van der Waals surface area contributed by atoms with Crippen LogP contribution in [0, 0.1) is 19.7 Å². The predicted octanol–water partition coefficient (Wildman–Crippen LogP) is 4.78. The van der Waals surface area contributed by atoms with Gasteiger partial charge in [-0.3, -0.25) is 0 Å². The van der Waals surface area contributed by atoms with Crippen molar-refractivity contribution >= 4 is 10.9 Å². The average molecular weight is 323 g/mol. The fourth-order valence-corrected chi connectivity index (χ4v) is 3.08. The first-order valence-electron chi connectivity index (χ1n) is 8.24. The van der Waals surface area contributed by atoms with Crippen molar-refractivity contribution in [2.24, 2.45) is 7.05 Å². The summed E-state index contributed by atoms with van der Waals surface area (Å²) in [6.45, 7) is 11.0. The fraction of sp³-hybridized carbons (Fsp3) is 0.333. The maximum Gasteiger partial charge on any atom is 0.287 e. The number of fused-ring (bicyclic) bond motifs is 1. The standard InChI is InChI=1S/C21H24FN2/c1-13-9-15(21(3,4)5)10-18(14(13)2)20-17-8-7-16(22)11-19(17)23-12-24(20)6/h7-12H,1-6H3/q+1. The normalized spacial score (nSPS) is 12.0. The molecular formula is C21H24FN2+. The molecule has 2 nitrogen and oxygen atoms in total. The fourth-order valence-electron chi connectivity index (χ4n) is 3.08. The molecule has 3 aromatic rings. The number of halogens is 1. The highest BCUT2D eigenvalue weighted by Gasteiger charge is 2.22. The van der Waals surface area contributed by atoms with E-state index in [1.807, 2.05) is 17.7 Å². The largest absolute Gasteiger partial charge is 0.287 e. The van der Waals surface area contributed by atoms with Gasteiger partial charge in [0.1, 0.15) is 11.5 Å². The highest BCUT2D eigenvalue weighted by Crippen LogP contribution is 2.33. The molecule has 3 heteroatoms. The molecule has 0 bridgehead atoms. The monoisotopic (exact) mass is 323 g/mol. The molecule has 1 heterocycles. The Morgan fingerprint density at radius 1 is 1.04 bits per heavy atom. The van der Waals surface area contributed by atoms with Crippen LogP contribution < -0.4 is 4.57 Å². The Labute approximate surface area is 143 Å². The first-order valence-corrected chi connectivity index (χ1v) is 8.24. The second kappa shape index (κ2) is 5.66. The number of hydrogen-bond donors (Lipinski definition) is 0. The molecule has 0 radical (unpaired) electrons. The van der Waals surface area contributed by atoms with Crippen LogP contribution in [0.15, 0.2) is 36.7 Å². The average Bonchev–Trinajstić information content (AvgIpc) is 2.49. The first kappa shape index (κ1) is 16.6. The second-order valence-corrected chi connectivity index (χ2v) is 7.58.